The van der Waals surface area contributed by atoms with Crippen molar-refractivity contribution in [3.8, 4) is 0 Å². The van der Waals surface area contributed by atoms with Gasteiger partial charge in [0.1, 0.15) is 0 Å². The number of halogens is 2. The predicted octanol–water partition coefficient (Wildman–Crippen LogP) is 4.56. The highest BCUT2D eigenvalue weighted by Crippen LogP contribution is 2.46. The van der Waals surface area contributed by atoms with E-state index in [2.05, 4.69) is 10.2 Å². The van der Waals surface area contributed by atoms with Crippen molar-refractivity contribution in [3.63, 3.8) is 0 Å². The van der Waals surface area contributed by atoms with E-state index >= 15 is 0 Å². The number of methoxy groups -OCH3 is 2. The van der Waals surface area contributed by atoms with Gasteiger partial charge in [-0.2, -0.15) is 0 Å². The van der Waals surface area contributed by atoms with E-state index in [1.807, 2.05) is 6.07 Å². The van der Waals surface area contributed by atoms with Crippen LogP contribution in [0.3, 0.4) is 0 Å². The second kappa shape index (κ2) is 16.0. The summed E-state index contributed by atoms with van der Waals surface area (Å²) < 4.78 is 35.9. The van der Waals surface area contributed by atoms with Gasteiger partial charge in [0.05, 0.1) is 67.5 Å². The maximum atomic E-state index is 14.0. The molecule has 14 heteroatoms. The van der Waals surface area contributed by atoms with Gasteiger partial charge in [-0.1, -0.05) is 47.5 Å². The smallest absolute Gasteiger partial charge is 0.336 e. The molecule has 3 heterocycles. The molecule has 0 radical (unpaired) electrons. The number of nitrogens with one attached hydrogen (secondary N) is 1. The van der Waals surface area contributed by atoms with E-state index in [-0.39, 0.29) is 56.2 Å². The van der Waals surface area contributed by atoms with Crippen molar-refractivity contribution < 1.29 is 37.5 Å². The van der Waals surface area contributed by atoms with Crippen LogP contribution < -0.4 is 5.32 Å². The van der Waals surface area contributed by atoms with Gasteiger partial charge in [0, 0.05) is 77.0 Å². The molecule has 1 amide bonds. The standard InChI is InChI=1S/C36H41Cl2N3O8S/c1-46-34(43)31-27(21-29(42)41-17-15-40(16-18-41)23-11-13-36(14-12-23)48-19-20-49-36)39-28(22-50(45)24-7-4-3-5-8-24)32(35(44)47-2)33(31)30-25(37)9-6-10-26(30)38/h3-10,23,33,39H,11-22H2,1-2H3. The number of ether oxygens (including phenoxy) is 4. The molecule has 2 atom stereocenters. The molecule has 2 saturated heterocycles. The summed E-state index contributed by atoms with van der Waals surface area (Å²) >= 11 is 13.4. The highest BCUT2D eigenvalue weighted by Gasteiger charge is 2.44. The van der Waals surface area contributed by atoms with Crippen LogP contribution in [0.5, 0.6) is 0 Å². The Balaban J connectivity index is 1.29. The highest BCUT2D eigenvalue weighted by molar-refractivity contribution is 7.85. The van der Waals surface area contributed by atoms with Crippen LogP contribution >= 0.6 is 23.2 Å². The number of carbonyl (C=O) groups is 3. The number of amides is 1. The quantitative estimate of drug-likeness (QED) is 0.366. The largest absolute Gasteiger partial charge is 0.466 e. The van der Waals surface area contributed by atoms with Crippen LogP contribution in [-0.4, -0.2) is 103 Å². The van der Waals surface area contributed by atoms with Crippen LogP contribution in [0.15, 0.2) is 76.0 Å². The zero-order chi connectivity index (χ0) is 35.4. The molecule has 2 aromatic carbocycles. The molecule has 3 fully saturated rings. The van der Waals surface area contributed by atoms with E-state index in [0.717, 1.165) is 25.7 Å². The van der Waals surface area contributed by atoms with Gasteiger partial charge in [-0.25, -0.2) is 9.59 Å². The minimum absolute atomic E-state index is 0.000315. The topological polar surface area (TPSA) is 124 Å². The average Bonchev–Trinajstić information content (AvgIpc) is 3.59. The fourth-order valence-corrected chi connectivity index (χ4v) is 9.15. The lowest BCUT2D eigenvalue weighted by Crippen LogP contribution is -2.54. The zero-order valence-electron chi connectivity index (χ0n) is 28.1. The van der Waals surface area contributed by atoms with Crippen molar-refractivity contribution in [2.45, 2.75) is 54.7 Å². The normalized spacial score (nSPS) is 22.0. The molecule has 1 spiro atoms. The molecule has 1 saturated carbocycles. The first kappa shape index (κ1) is 36.5. The number of hydrogen-bond donors (Lipinski definition) is 1. The van der Waals surface area contributed by atoms with Gasteiger partial charge in [-0.05, 0) is 37.1 Å². The number of nitrogens with zero attached hydrogens (tertiary/aromatic N) is 2. The Morgan fingerprint density at radius 3 is 2.02 bits per heavy atom. The molecule has 6 rings (SSSR count). The monoisotopic (exact) mass is 745 g/mol. The molecule has 50 heavy (non-hydrogen) atoms. The van der Waals surface area contributed by atoms with E-state index in [1.165, 1.54) is 14.2 Å². The van der Waals surface area contributed by atoms with Crippen molar-refractivity contribution >= 4 is 51.8 Å². The summed E-state index contributed by atoms with van der Waals surface area (Å²) in [6.07, 6.45) is 3.46. The minimum Gasteiger partial charge on any atom is -0.466 e. The Morgan fingerprint density at radius 1 is 0.860 bits per heavy atom. The van der Waals surface area contributed by atoms with Crippen molar-refractivity contribution in [1.29, 1.82) is 0 Å². The van der Waals surface area contributed by atoms with Crippen molar-refractivity contribution in [1.82, 2.24) is 15.1 Å². The van der Waals surface area contributed by atoms with Gasteiger partial charge in [0.2, 0.25) is 5.91 Å². The molecular formula is C36H41Cl2N3O8S. The van der Waals surface area contributed by atoms with Crippen molar-refractivity contribution in [2.75, 3.05) is 59.4 Å². The molecule has 0 aromatic heterocycles. The SMILES string of the molecule is COC(=O)C1=C(CC(=O)N2CCN(C3CCC4(CC3)OCCO4)CC2)NC(CS(=O)c2ccccc2)=C(C(=O)OC)C1c1c(Cl)cccc1Cl. The first-order valence-corrected chi connectivity index (χ1v) is 18.8. The van der Waals surface area contributed by atoms with Crippen LogP contribution in [0.4, 0.5) is 0 Å². The molecule has 2 unspecified atom stereocenters. The summed E-state index contributed by atoms with van der Waals surface area (Å²) in [7, 11) is 0.821. The zero-order valence-corrected chi connectivity index (χ0v) is 30.4. The fourth-order valence-electron chi connectivity index (χ4n) is 7.42. The first-order chi connectivity index (χ1) is 24.1. The van der Waals surface area contributed by atoms with Gasteiger partial charge in [-0.3, -0.25) is 13.9 Å². The van der Waals surface area contributed by atoms with Gasteiger partial charge in [0.15, 0.2) is 5.79 Å². The predicted molar refractivity (Wildman–Crippen MR) is 188 cm³/mol. The average molecular weight is 747 g/mol. The van der Waals surface area contributed by atoms with Gasteiger partial charge >= 0.3 is 11.9 Å². The van der Waals surface area contributed by atoms with Gasteiger partial charge in [0.25, 0.3) is 0 Å². The third kappa shape index (κ3) is 7.66. The van der Waals surface area contributed by atoms with Crippen LogP contribution in [0.25, 0.3) is 0 Å². The number of piperazine rings is 1. The lowest BCUT2D eigenvalue weighted by atomic mass is 9.79. The summed E-state index contributed by atoms with van der Waals surface area (Å²) in [5.74, 6) is -3.51. The van der Waals surface area contributed by atoms with E-state index in [0.29, 0.717) is 50.3 Å². The van der Waals surface area contributed by atoms with Gasteiger partial charge in [-0.15, -0.1) is 0 Å². The molecule has 1 N–H and O–H groups in total. The second-order valence-electron chi connectivity index (χ2n) is 12.7. The van der Waals surface area contributed by atoms with E-state index in [4.69, 9.17) is 42.1 Å². The molecule has 268 valence electrons. The Morgan fingerprint density at radius 2 is 1.44 bits per heavy atom. The van der Waals surface area contributed by atoms with E-state index in [9.17, 15) is 18.6 Å². The molecule has 2 aromatic rings. The van der Waals surface area contributed by atoms with Crippen molar-refractivity contribution in [2.24, 2.45) is 0 Å². The highest BCUT2D eigenvalue weighted by atomic mass is 35.5. The summed E-state index contributed by atoms with van der Waals surface area (Å²) in [4.78, 5) is 46.0. The number of rotatable bonds is 9. The van der Waals surface area contributed by atoms with Crippen LogP contribution in [0.1, 0.15) is 43.6 Å². The number of carbonyl (C=O) groups excluding carboxylic acids is 3. The summed E-state index contributed by atoms with van der Waals surface area (Å²) in [6, 6.07) is 14.0. The van der Waals surface area contributed by atoms with E-state index < -0.39 is 34.4 Å². The third-order valence-electron chi connectivity index (χ3n) is 9.95. The molecular weight excluding hydrogens is 705 g/mol. The molecule has 4 aliphatic rings. The Kier molecular flexibility index (Phi) is 11.7. The fraction of sp³-hybridized carbons (Fsp3) is 0.472. The third-order valence-corrected chi connectivity index (χ3v) is 12.0. The first-order valence-electron chi connectivity index (χ1n) is 16.7. The van der Waals surface area contributed by atoms with Crippen LogP contribution in [-0.2, 0) is 44.1 Å². The molecule has 0 bridgehead atoms. The van der Waals surface area contributed by atoms with Crippen LogP contribution in [0.2, 0.25) is 10.0 Å². The summed E-state index contributed by atoms with van der Waals surface area (Å²) in [5, 5.41) is 3.56. The van der Waals surface area contributed by atoms with Crippen LogP contribution in [0, 0.1) is 0 Å². The Labute approximate surface area is 304 Å². The number of dihydropyridines is 1. The number of benzene rings is 2. The summed E-state index contributed by atoms with van der Waals surface area (Å²) in [5.41, 5.74) is 0.705. The molecule has 1 aliphatic carbocycles. The lowest BCUT2D eigenvalue weighted by molar-refractivity contribution is -0.184. The Bertz CT molecular complexity index is 1670. The molecule has 11 nitrogen and oxygen atoms in total. The number of hydrogen-bond acceptors (Lipinski definition) is 10. The van der Waals surface area contributed by atoms with Gasteiger partial charge < -0.3 is 29.2 Å². The number of esters is 2. The minimum atomic E-state index is -1.62. The lowest BCUT2D eigenvalue weighted by Gasteiger charge is -2.44. The second-order valence-corrected chi connectivity index (χ2v) is 15.0. The maximum absolute atomic E-state index is 14.0. The molecule has 3 aliphatic heterocycles. The summed E-state index contributed by atoms with van der Waals surface area (Å²) in [6.45, 7) is 3.75. The maximum Gasteiger partial charge on any atom is 0.336 e. The Hall–Kier alpha value is -3.26. The van der Waals surface area contributed by atoms with E-state index in [1.54, 1.807) is 47.4 Å². The van der Waals surface area contributed by atoms with Crippen molar-refractivity contribution in [3.05, 3.63) is 86.7 Å².